The average molecular weight is 430 g/mol. The molecule has 0 amide bonds. The number of hydrogen-bond acceptors (Lipinski definition) is 4. The fraction of sp³-hybridized carbons (Fsp3) is 0.160. The number of pyridine rings is 1. The zero-order valence-corrected chi connectivity index (χ0v) is 17.2. The summed E-state index contributed by atoms with van der Waals surface area (Å²) in [6.07, 6.45) is 2.34. The monoisotopic (exact) mass is 430 g/mol. The van der Waals surface area contributed by atoms with Crippen molar-refractivity contribution in [2.45, 2.75) is 19.5 Å². The molecule has 1 aliphatic rings. The largest absolute Gasteiger partial charge is 0.306 e. The molecule has 1 aliphatic heterocycles. The lowest BCUT2D eigenvalue weighted by molar-refractivity contribution is 0.241. The van der Waals surface area contributed by atoms with Crippen molar-refractivity contribution in [3.63, 3.8) is 0 Å². The Balaban J connectivity index is 1.32. The van der Waals surface area contributed by atoms with Gasteiger partial charge in [-0.1, -0.05) is 36.4 Å². The summed E-state index contributed by atoms with van der Waals surface area (Å²) >= 11 is 0. The molecule has 0 unspecified atom stereocenters. The summed E-state index contributed by atoms with van der Waals surface area (Å²) in [4.78, 5) is 26.8. The number of aromatic nitrogens is 3. The van der Waals surface area contributed by atoms with Crippen LogP contribution in [0.5, 0.6) is 0 Å². The first-order valence-corrected chi connectivity index (χ1v) is 10.4. The van der Waals surface area contributed by atoms with Crippen molar-refractivity contribution in [3.05, 3.63) is 106 Å². The molecule has 0 saturated carbocycles. The number of nitrogens with zero attached hydrogens (tertiary/aromatic N) is 3. The Labute approximate surface area is 183 Å². The predicted molar refractivity (Wildman–Crippen MR) is 118 cm³/mol. The zero-order valence-electron chi connectivity index (χ0n) is 17.2. The highest BCUT2D eigenvalue weighted by Gasteiger charge is 2.21. The Morgan fingerprint density at radius 3 is 2.66 bits per heavy atom. The van der Waals surface area contributed by atoms with Gasteiger partial charge in [0.15, 0.2) is 0 Å². The maximum atomic E-state index is 14.0. The van der Waals surface area contributed by atoms with E-state index in [1.54, 1.807) is 12.3 Å². The lowest BCUT2D eigenvalue weighted by Gasteiger charge is -2.27. The van der Waals surface area contributed by atoms with Crippen molar-refractivity contribution in [2.75, 3.05) is 6.54 Å². The van der Waals surface area contributed by atoms with E-state index in [4.69, 9.17) is 0 Å². The van der Waals surface area contributed by atoms with Gasteiger partial charge in [-0.25, -0.2) is 13.8 Å². The molecular weight excluding hydrogens is 410 g/mol. The summed E-state index contributed by atoms with van der Waals surface area (Å²) < 4.78 is 27.5. The lowest BCUT2D eigenvalue weighted by atomic mass is 10.1. The molecule has 2 aromatic heterocycles. The molecule has 5 rings (SSSR count). The molecule has 3 heterocycles. The first kappa shape index (κ1) is 20.2. The number of fused-ring (bicyclic) bond motifs is 1. The van der Waals surface area contributed by atoms with E-state index in [-0.39, 0.29) is 11.1 Å². The molecule has 0 radical (unpaired) electrons. The Morgan fingerprint density at radius 1 is 1.03 bits per heavy atom. The summed E-state index contributed by atoms with van der Waals surface area (Å²) in [6, 6.07) is 16.5. The van der Waals surface area contributed by atoms with Crippen LogP contribution in [0.4, 0.5) is 8.78 Å². The van der Waals surface area contributed by atoms with Crippen LogP contribution in [-0.2, 0) is 19.5 Å². The fourth-order valence-corrected chi connectivity index (χ4v) is 3.98. The normalized spacial score (nSPS) is 13.7. The number of hydrogen-bond donors (Lipinski definition) is 1. The molecule has 5 nitrogen and oxygen atoms in total. The van der Waals surface area contributed by atoms with Crippen LogP contribution < -0.4 is 5.56 Å². The van der Waals surface area contributed by atoms with Crippen molar-refractivity contribution in [3.8, 4) is 22.6 Å². The Kier molecular flexibility index (Phi) is 5.33. The SMILES string of the molecule is O=c1[nH]c(-c2ccccc2)nc2c1CN(Cc1ccc(-c3cc(F)ccc3F)nc1)CC2. The van der Waals surface area contributed by atoms with Crippen molar-refractivity contribution < 1.29 is 8.78 Å². The molecule has 0 bridgehead atoms. The highest BCUT2D eigenvalue weighted by atomic mass is 19.1. The Bertz CT molecular complexity index is 1320. The van der Waals surface area contributed by atoms with Crippen LogP contribution in [0.15, 0.2) is 71.7 Å². The van der Waals surface area contributed by atoms with Crippen LogP contribution in [0.25, 0.3) is 22.6 Å². The quantitative estimate of drug-likeness (QED) is 0.523. The van der Waals surface area contributed by atoms with Crippen molar-refractivity contribution in [1.82, 2.24) is 19.9 Å². The second-order valence-corrected chi connectivity index (χ2v) is 7.84. The first-order valence-electron chi connectivity index (χ1n) is 10.4. The summed E-state index contributed by atoms with van der Waals surface area (Å²) in [5.41, 5.74) is 3.73. The topological polar surface area (TPSA) is 61.9 Å². The molecule has 2 aromatic carbocycles. The van der Waals surface area contributed by atoms with Crippen LogP contribution in [-0.4, -0.2) is 26.4 Å². The van der Waals surface area contributed by atoms with Crippen LogP contribution in [0.3, 0.4) is 0 Å². The van der Waals surface area contributed by atoms with E-state index in [0.29, 0.717) is 36.6 Å². The molecule has 7 heteroatoms. The number of aromatic amines is 1. The Hall–Kier alpha value is -3.71. The number of rotatable bonds is 4. The number of benzene rings is 2. The van der Waals surface area contributed by atoms with E-state index in [1.165, 1.54) is 0 Å². The van der Waals surface area contributed by atoms with Gasteiger partial charge in [-0.15, -0.1) is 0 Å². The maximum Gasteiger partial charge on any atom is 0.255 e. The van der Waals surface area contributed by atoms with E-state index < -0.39 is 11.6 Å². The van der Waals surface area contributed by atoms with Crippen molar-refractivity contribution >= 4 is 0 Å². The molecule has 4 aromatic rings. The van der Waals surface area contributed by atoms with Crippen molar-refractivity contribution in [1.29, 1.82) is 0 Å². The molecule has 0 spiro atoms. The van der Waals surface area contributed by atoms with Gasteiger partial charge in [-0.3, -0.25) is 14.7 Å². The Morgan fingerprint density at radius 2 is 1.88 bits per heavy atom. The molecule has 160 valence electrons. The van der Waals surface area contributed by atoms with Crippen LogP contribution in [0, 0.1) is 11.6 Å². The molecular formula is C25H20F2N4O. The van der Waals surface area contributed by atoms with E-state index >= 15 is 0 Å². The second-order valence-electron chi connectivity index (χ2n) is 7.84. The zero-order chi connectivity index (χ0) is 22.1. The minimum Gasteiger partial charge on any atom is -0.306 e. The second kappa shape index (κ2) is 8.43. The minimum atomic E-state index is -0.513. The van der Waals surface area contributed by atoms with Gasteiger partial charge in [0.25, 0.3) is 5.56 Å². The van der Waals surface area contributed by atoms with Crippen molar-refractivity contribution in [2.24, 2.45) is 0 Å². The standard InChI is InChI=1S/C25H20F2N4O/c26-18-7-8-21(27)19(12-18)22-9-6-16(13-28-22)14-31-11-10-23-20(15-31)25(32)30-24(29-23)17-4-2-1-3-5-17/h1-9,12-13H,10-11,14-15H2,(H,29,30,32). The van der Waals surface area contributed by atoms with Gasteiger partial charge in [0.05, 0.1) is 17.0 Å². The lowest BCUT2D eigenvalue weighted by Crippen LogP contribution is -2.35. The number of nitrogens with one attached hydrogen (secondary N) is 1. The molecule has 0 saturated heterocycles. The maximum absolute atomic E-state index is 14.0. The van der Waals surface area contributed by atoms with Gasteiger partial charge in [-0.05, 0) is 29.8 Å². The fourth-order valence-electron chi connectivity index (χ4n) is 3.98. The summed E-state index contributed by atoms with van der Waals surface area (Å²) in [5, 5.41) is 0. The molecule has 0 atom stereocenters. The van der Waals surface area contributed by atoms with E-state index in [1.807, 2.05) is 36.4 Å². The smallest absolute Gasteiger partial charge is 0.255 e. The minimum absolute atomic E-state index is 0.117. The number of H-pyrrole nitrogens is 1. The van der Waals surface area contributed by atoms with Crippen LogP contribution in [0.1, 0.15) is 16.8 Å². The molecule has 0 aliphatic carbocycles. The summed E-state index contributed by atoms with van der Waals surface area (Å²) in [5.74, 6) is -0.429. The van der Waals surface area contributed by atoms with Gasteiger partial charge >= 0.3 is 0 Å². The van der Waals surface area contributed by atoms with E-state index in [2.05, 4.69) is 19.9 Å². The predicted octanol–water partition coefficient (Wildman–Crippen LogP) is 4.34. The van der Waals surface area contributed by atoms with Gasteiger partial charge in [-0.2, -0.15) is 0 Å². The summed E-state index contributed by atoms with van der Waals surface area (Å²) in [6.45, 7) is 1.85. The third kappa shape index (κ3) is 4.07. The third-order valence-electron chi connectivity index (χ3n) is 5.63. The molecule has 0 fully saturated rings. The molecule has 1 N–H and O–H groups in total. The highest BCUT2D eigenvalue weighted by molar-refractivity contribution is 5.60. The van der Waals surface area contributed by atoms with E-state index in [9.17, 15) is 13.6 Å². The van der Waals surface area contributed by atoms with Crippen LogP contribution in [0.2, 0.25) is 0 Å². The average Bonchev–Trinajstić information content (AvgIpc) is 2.82. The van der Waals surface area contributed by atoms with Gasteiger partial charge in [0.2, 0.25) is 0 Å². The van der Waals surface area contributed by atoms with E-state index in [0.717, 1.165) is 41.6 Å². The van der Waals surface area contributed by atoms with Gasteiger partial charge < -0.3 is 4.98 Å². The summed E-state index contributed by atoms with van der Waals surface area (Å²) in [7, 11) is 0. The number of halogens is 2. The molecule has 32 heavy (non-hydrogen) atoms. The van der Waals surface area contributed by atoms with Gasteiger partial charge in [0.1, 0.15) is 17.5 Å². The van der Waals surface area contributed by atoms with Gasteiger partial charge in [0, 0.05) is 43.4 Å². The first-order chi connectivity index (χ1) is 15.6. The van der Waals surface area contributed by atoms with Crippen LogP contribution >= 0.6 is 0 Å². The third-order valence-corrected chi connectivity index (χ3v) is 5.63. The highest BCUT2D eigenvalue weighted by Crippen LogP contribution is 2.23.